The van der Waals surface area contributed by atoms with Crippen molar-refractivity contribution in [3.8, 4) is 0 Å². The summed E-state index contributed by atoms with van der Waals surface area (Å²) in [5.74, 6) is 0. The van der Waals surface area contributed by atoms with Crippen molar-refractivity contribution in [2.24, 2.45) is 0 Å². The molecule has 1 N–H and O–H groups in total. The average Bonchev–Trinajstić information content (AvgIpc) is 2.41. The van der Waals surface area contributed by atoms with E-state index in [2.05, 4.69) is 11.4 Å². The second-order valence-corrected chi connectivity index (χ2v) is 3.63. The molecule has 1 aliphatic rings. The van der Waals surface area contributed by atoms with Gasteiger partial charge in [-0.25, -0.2) is 0 Å². The molecule has 76 valence electrons. The van der Waals surface area contributed by atoms with Crippen molar-refractivity contribution in [3.05, 3.63) is 11.6 Å². The van der Waals surface area contributed by atoms with Gasteiger partial charge in [0.15, 0.2) is 0 Å². The first-order chi connectivity index (χ1) is 6.43. The van der Waals surface area contributed by atoms with Crippen LogP contribution < -0.4 is 5.32 Å². The number of ether oxygens (including phenoxy) is 1. The smallest absolute Gasteiger partial charge is 0.0587 e. The van der Waals surface area contributed by atoms with E-state index < -0.39 is 0 Å². The van der Waals surface area contributed by atoms with Gasteiger partial charge in [-0.3, -0.25) is 0 Å². The number of nitrogens with one attached hydrogen (secondary N) is 1. The minimum atomic E-state index is 0.813. The minimum absolute atomic E-state index is 0.813. The highest BCUT2D eigenvalue weighted by Crippen LogP contribution is 2.15. The van der Waals surface area contributed by atoms with E-state index in [0.29, 0.717) is 0 Å². The van der Waals surface area contributed by atoms with Gasteiger partial charge in [0.1, 0.15) is 0 Å². The molecule has 2 nitrogen and oxygen atoms in total. The van der Waals surface area contributed by atoms with Crippen LogP contribution in [0, 0.1) is 0 Å². The molecule has 0 aromatic heterocycles. The fourth-order valence-corrected chi connectivity index (χ4v) is 1.67. The molecule has 0 fully saturated rings. The molecule has 0 bridgehead atoms. The van der Waals surface area contributed by atoms with Crippen LogP contribution in [0.25, 0.3) is 0 Å². The van der Waals surface area contributed by atoms with Gasteiger partial charge in [0, 0.05) is 20.2 Å². The molecule has 1 rings (SSSR count). The summed E-state index contributed by atoms with van der Waals surface area (Å²) in [6.07, 6.45) is 9.13. The van der Waals surface area contributed by atoms with Crippen molar-refractivity contribution in [2.75, 3.05) is 26.8 Å². The maximum absolute atomic E-state index is 4.97. The van der Waals surface area contributed by atoms with E-state index in [-0.39, 0.29) is 0 Å². The molecular weight excluding hydrogens is 162 g/mol. The first-order valence-electron chi connectivity index (χ1n) is 5.31. The van der Waals surface area contributed by atoms with Crippen molar-refractivity contribution < 1.29 is 4.74 Å². The monoisotopic (exact) mass is 183 g/mol. The van der Waals surface area contributed by atoms with Gasteiger partial charge in [-0.1, -0.05) is 18.1 Å². The molecule has 0 aromatic carbocycles. The lowest BCUT2D eigenvalue weighted by atomic mass is 10.1. The Bertz CT molecular complexity index is 154. The van der Waals surface area contributed by atoms with Crippen LogP contribution in [-0.2, 0) is 4.74 Å². The van der Waals surface area contributed by atoms with Crippen LogP contribution >= 0.6 is 0 Å². The molecule has 0 radical (unpaired) electrons. The van der Waals surface area contributed by atoms with Crippen molar-refractivity contribution >= 4 is 0 Å². The molecule has 0 heterocycles. The number of hydrogen-bond acceptors (Lipinski definition) is 2. The summed E-state index contributed by atoms with van der Waals surface area (Å²) in [5, 5.41) is 3.39. The minimum Gasteiger partial charge on any atom is -0.383 e. The normalized spacial score (nSPS) is 18.1. The van der Waals surface area contributed by atoms with E-state index in [1.165, 1.54) is 32.1 Å². The Kier molecular flexibility index (Phi) is 5.87. The summed E-state index contributed by atoms with van der Waals surface area (Å²) < 4.78 is 4.97. The molecule has 13 heavy (non-hydrogen) atoms. The zero-order valence-electron chi connectivity index (χ0n) is 8.64. The Labute approximate surface area is 81.4 Å². The third kappa shape index (κ3) is 5.06. The lowest BCUT2D eigenvalue weighted by Gasteiger charge is -2.06. The maximum atomic E-state index is 4.97. The van der Waals surface area contributed by atoms with Gasteiger partial charge in [-0.2, -0.15) is 0 Å². The Morgan fingerprint density at radius 1 is 1.38 bits per heavy atom. The molecule has 0 saturated heterocycles. The largest absolute Gasteiger partial charge is 0.383 e. The molecular formula is C11H21NO. The Morgan fingerprint density at radius 2 is 2.31 bits per heavy atom. The van der Waals surface area contributed by atoms with Crippen LogP contribution in [0.3, 0.4) is 0 Å². The molecule has 0 saturated carbocycles. The average molecular weight is 183 g/mol. The van der Waals surface area contributed by atoms with E-state index in [0.717, 1.165) is 19.7 Å². The van der Waals surface area contributed by atoms with Crippen molar-refractivity contribution in [1.29, 1.82) is 0 Å². The van der Waals surface area contributed by atoms with Crippen molar-refractivity contribution in [3.63, 3.8) is 0 Å². The van der Waals surface area contributed by atoms with Crippen LogP contribution in [0.15, 0.2) is 11.6 Å². The SMILES string of the molecule is COCCNCC1=CCCCCC1. The Morgan fingerprint density at radius 3 is 3.15 bits per heavy atom. The quantitative estimate of drug-likeness (QED) is 0.520. The number of rotatable bonds is 5. The maximum Gasteiger partial charge on any atom is 0.0587 e. The molecule has 0 amide bonds. The Hall–Kier alpha value is -0.340. The van der Waals surface area contributed by atoms with E-state index >= 15 is 0 Å². The summed E-state index contributed by atoms with van der Waals surface area (Å²) in [7, 11) is 1.74. The van der Waals surface area contributed by atoms with Crippen molar-refractivity contribution in [1.82, 2.24) is 5.32 Å². The molecule has 0 atom stereocenters. The van der Waals surface area contributed by atoms with Crippen LogP contribution in [0.1, 0.15) is 32.1 Å². The third-order valence-corrected chi connectivity index (χ3v) is 2.47. The topological polar surface area (TPSA) is 21.3 Å². The summed E-state index contributed by atoms with van der Waals surface area (Å²) in [4.78, 5) is 0. The molecule has 0 spiro atoms. The summed E-state index contributed by atoms with van der Waals surface area (Å²) in [6, 6.07) is 0. The fraction of sp³-hybridized carbons (Fsp3) is 0.818. The van der Waals surface area contributed by atoms with Gasteiger partial charge in [-0.05, 0) is 25.7 Å². The fourth-order valence-electron chi connectivity index (χ4n) is 1.67. The number of hydrogen-bond donors (Lipinski definition) is 1. The molecule has 0 aromatic rings. The van der Waals surface area contributed by atoms with E-state index in [4.69, 9.17) is 4.74 Å². The van der Waals surface area contributed by atoms with Crippen LogP contribution in [-0.4, -0.2) is 26.8 Å². The highest BCUT2D eigenvalue weighted by molar-refractivity contribution is 5.05. The lowest BCUT2D eigenvalue weighted by molar-refractivity contribution is 0.200. The van der Waals surface area contributed by atoms with Crippen molar-refractivity contribution in [2.45, 2.75) is 32.1 Å². The second kappa shape index (κ2) is 7.10. The van der Waals surface area contributed by atoms with Crippen LogP contribution in [0.5, 0.6) is 0 Å². The summed E-state index contributed by atoms with van der Waals surface area (Å²) >= 11 is 0. The standard InChI is InChI=1S/C11H21NO/c1-13-9-8-12-10-11-6-4-2-3-5-7-11/h6,12H,2-5,7-10H2,1H3. The molecule has 0 unspecified atom stereocenters. The summed E-state index contributed by atoms with van der Waals surface area (Å²) in [5.41, 5.74) is 1.59. The van der Waals surface area contributed by atoms with Crippen LogP contribution in [0.2, 0.25) is 0 Å². The van der Waals surface area contributed by atoms with Gasteiger partial charge >= 0.3 is 0 Å². The van der Waals surface area contributed by atoms with E-state index in [9.17, 15) is 0 Å². The Balaban J connectivity index is 2.08. The van der Waals surface area contributed by atoms with Gasteiger partial charge in [0.2, 0.25) is 0 Å². The van der Waals surface area contributed by atoms with E-state index in [1.54, 1.807) is 12.7 Å². The zero-order chi connectivity index (χ0) is 9.36. The highest BCUT2D eigenvalue weighted by Gasteiger charge is 2.01. The predicted octanol–water partition coefficient (Wildman–Crippen LogP) is 2.11. The molecule has 2 heteroatoms. The van der Waals surface area contributed by atoms with Gasteiger partial charge < -0.3 is 10.1 Å². The lowest BCUT2D eigenvalue weighted by Crippen LogP contribution is -2.21. The molecule has 1 aliphatic carbocycles. The van der Waals surface area contributed by atoms with Gasteiger partial charge in [-0.15, -0.1) is 0 Å². The summed E-state index contributed by atoms with van der Waals surface area (Å²) in [6.45, 7) is 2.84. The third-order valence-electron chi connectivity index (χ3n) is 2.47. The number of allylic oxidation sites excluding steroid dienone is 1. The van der Waals surface area contributed by atoms with Gasteiger partial charge in [0.05, 0.1) is 6.61 Å². The highest BCUT2D eigenvalue weighted by atomic mass is 16.5. The van der Waals surface area contributed by atoms with Gasteiger partial charge in [0.25, 0.3) is 0 Å². The second-order valence-electron chi connectivity index (χ2n) is 3.63. The first-order valence-corrected chi connectivity index (χ1v) is 5.31. The molecule has 0 aliphatic heterocycles. The predicted molar refractivity (Wildman–Crippen MR) is 55.9 cm³/mol. The first kappa shape index (κ1) is 10.7. The number of methoxy groups -OCH3 is 1. The zero-order valence-corrected chi connectivity index (χ0v) is 8.64. The van der Waals surface area contributed by atoms with Crippen LogP contribution in [0.4, 0.5) is 0 Å². The van der Waals surface area contributed by atoms with E-state index in [1.807, 2.05) is 0 Å².